The van der Waals surface area contributed by atoms with Crippen LogP contribution in [-0.2, 0) is 13.1 Å². The maximum Gasteiger partial charge on any atom is 0.165 e. The van der Waals surface area contributed by atoms with E-state index in [2.05, 4.69) is 52.8 Å². The number of benzene rings is 2. The minimum absolute atomic E-state index is 0.547. The number of nitrogens with zero attached hydrogens (tertiary/aromatic N) is 3. The van der Waals surface area contributed by atoms with Gasteiger partial charge in [-0.1, -0.05) is 24.3 Å². The minimum atomic E-state index is 0.547. The van der Waals surface area contributed by atoms with E-state index in [1.807, 2.05) is 24.5 Å². The van der Waals surface area contributed by atoms with Crippen molar-refractivity contribution in [3.63, 3.8) is 0 Å². The molecule has 2 heterocycles. The molecule has 0 saturated carbocycles. The molecule has 0 saturated heterocycles. The highest BCUT2D eigenvalue weighted by Gasteiger charge is 2.20. The number of hydrogen-bond donors (Lipinski definition) is 0. The predicted octanol–water partition coefficient (Wildman–Crippen LogP) is 3.44. The third-order valence-electron chi connectivity index (χ3n) is 4.66. The summed E-state index contributed by atoms with van der Waals surface area (Å²) < 4.78 is 19.2. The summed E-state index contributed by atoms with van der Waals surface area (Å²) in [7, 11) is 5.82. The first-order valence-corrected chi connectivity index (χ1v) is 9.35. The van der Waals surface area contributed by atoms with E-state index in [9.17, 15) is 0 Å². The molecule has 28 heavy (non-hydrogen) atoms. The lowest BCUT2D eigenvalue weighted by molar-refractivity contribution is 0.171. The summed E-state index contributed by atoms with van der Waals surface area (Å²) in [5.74, 6) is 3.00. The molecule has 0 atom stereocenters. The third kappa shape index (κ3) is 3.82. The van der Waals surface area contributed by atoms with E-state index < -0.39 is 0 Å². The average molecular weight is 379 g/mol. The first-order valence-electron chi connectivity index (χ1n) is 9.35. The Balaban J connectivity index is 1.67. The minimum Gasteiger partial charge on any atom is -0.496 e. The molecule has 3 aromatic rings. The van der Waals surface area contributed by atoms with Gasteiger partial charge in [-0.25, -0.2) is 4.98 Å². The van der Waals surface area contributed by atoms with E-state index in [0.29, 0.717) is 19.0 Å². The molecule has 0 radical (unpaired) electrons. The van der Waals surface area contributed by atoms with Crippen LogP contribution in [0.15, 0.2) is 48.8 Å². The normalized spacial score (nSPS) is 13.0. The number of fused-ring (bicyclic) bond motifs is 1. The molecule has 0 bridgehead atoms. The van der Waals surface area contributed by atoms with Crippen LogP contribution in [0.1, 0.15) is 11.1 Å². The molecule has 0 amide bonds. The molecular formula is C22H25N3O3. The van der Waals surface area contributed by atoms with Crippen LogP contribution < -0.4 is 14.2 Å². The van der Waals surface area contributed by atoms with Crippen LogP contribution in [0, 0.1) is 0 Å². The van der Waals surface area contributed by atoms with Crippen molar-refractivity contribution in [2.45, 2.75) is 13.1 Å². The predicted molar refractivity (Wildman–Crippen MR) is 108 cm³/mol. The summed E-state index contributed by atoms with van der Waals surface area (Å²) in [6, 6.07) is 12.5. The van der Waals surface area contributed by atoms with Crippen LogP contribution in [0.2, 0.25) is 0 Å². The van der Waals surface area contributed by atoms with Crippen LogP contribution in [0.4, 0.5) is 0 Å². The molecule has 0 spiro atoms. The van der Waals surface area contributed by atoms with Crippen LogP contribution in [0.25, 0.3) is 11.4 Å². The van der Waals surface area contributed by atoms with Crippen molar-refractivity contribution in [3.05, 3.63) is 59.9 Å². The fraction of sp³-hybridized carbons (Fsp3) is 0.318. The average Bonchev–Trinajstić information content (AvgIpc) is 3.14. The molecule has 1 aliphatic heterocycles. The summed E-state index contributed by atoms with van der Waals surface area (Å²) in [6.07, 6.45) is 3.81. The first-order chi connectivity index (χ1) is 13.6. The molecule has 2 aromatic carbocycles. The number of hydrogen-bond acceptors (Lipinski definition) is 5. The Morgan fingerprint density at radius 3 is 2.57 bits per heavy atom. The molecule has 1 aliphatic rings. The largest absolute Gasteiger partial charge is 0.496 e. The van der Waals surface area contributed by atoms with Crippen LogP contribution >= 0.6 is 0 Å². The van der Waals surface area contributed by atoms with Crippen molar-refractivity contribution in [2.75, 3.05) is 34.4 Å². The number of imidazole rings is 1. The van der Waals surface area contributed by atoms with Crippen LogP contribution in [0.5, 0.6) is 17.2 Å². The fourth-order valence-corrected chi connectivity index (χ4v) is 3.48. The van der Waals surface area contributed by atoms with E-state index >= 15 is 0 Å². The van der Waals surface area contributed by atoms with E-state index in [-0.39, 0.29) is 0 Å². The Labute approximate surface area is 165 Å². The van der Waals surface area contributed by atoms with Gasteiger partial charge in [-0.05, 0) is 31.3 Å². The zero-order valence-electron chi connectivity index (χ0n) is 16.5. The lowest BCUT2D eigenvalue weighted by Gasteiger charge is -2.21. The van der Waals surface area contributed by atoms with E-state index in [4.69, 9.17) is 14.2 Å². The van der Waals surface area contributed by atoms with E-state index in [0.717, 1.165) is 36.0 Å². The summed E-state index contributed by atoms with van der Waals surface area (Å²) in [5, 5.41) is 0. The molecule has 6 heteroatoms. The van der Waals surface area contributed by atoms with Crippen molar-refractivity contribution in [3.8, 4) is 28.6 Å². The number of aromatic nitrogens is 2. The summed E-state index contributed by atoms with van der Waals surface area (Å²) >= 11 is 0. The van der Waals surface area contributed by atoms with Gasteiger partial charge in [0.1, 0.15) is 24.8 Å². The smallest absolute Gasteiger partial charge is 0.165 e. The SMILES string of the molecule is COc1cc2c(cc1-c1nccn1Cc1cccc(CN(C)C)c1)OCCO2. The molecule has 0 unspecified atom stereocenters. The number of rotatable bonds is 6. The van der Waals surface area contributed by atoms with Crippen LogP contribution in [0.3, 0.4) is 0 Å². The molecule has 0 fully saturated rings. The Hall–Kier alpha value is -2.99. The highest BCUT2D eigenvalue weighted by molar-refractivity contribution is 5.70. The molecule has 0 aliphatic carbocycles. The van der Waals surface area contributed by atoms with Crippen LogP contribution in [-0.4, -0.2) is 48.9 Å². The van der Waals surface area contributed by atoms with Gasteiger partial charge in [0.15, 0.2) is 11.5 Å². The molecule has 146 valence electrons. The highest BCUT2D eigenvalue weighted by Crippen LogP contribution is 2.41. The maximum atomic E-state index is 5.75. The Bertz CT molecular complexity index is 965. The standard InChI is InChI=1S/C22H25N3O3/c1-24(2)14-16-5-4-6-17(11-16)15-25-8-7-23-22(25)18-12-20-21(13-19(18)26-3)28-10-9-27-20/h4-8,11-13H,9-10,14-15H2,1-3H3. The second-order valence-corrected chi connectivity index (χ2v) is 7.13. The lowest BCUT2D eigenvalue weighted by Crippen LogP contribution is -2.15. The second-order valence-electron chi connectivity index (χ2n) is 7.13. The van der Waals surface area contributed by atoms with Gasteiger partial charge in [0.2, 0.25) is 0 Å². The molecule has 0 N–H and O–H groups in total. The second kappa shape index (κ2) is 7.94. The summed E-state index contributed by atoms with van der Waals surface area (Å²) in [6.45, 7) is 2.74. The highest BCUT2D eigenvalue weighted by atomic mass is 16.6. The topological polar surface area (TPSA) is 48.8 Å². The van der Waals surface area contributed by atoms with Gasteiger partial charge < -0.3 is 23.7 Å². The van der Waals surface area contributed by atoms with Gasteiger partial charge in [0, 0.05) is 31.5 Å². The Morgan fingerprint density at radius 2 is 1.82 bits per heavy atom. The van der Waals surface area contributed by atoms with Gasteiger partial charge in [0.05, 0.1) is 12.7 Å². The molecule has 4 rings (SSSR count). The monoisotopic (exact) mass is 379 g/mol. The Kier molecular flexibility index (Phi) is 5.21. The quantitative estimate of drug-likeness (QED) is 0.657. The van der Waals surface area contributed by atoms with Gasteiger partial charge >= 0.3 is 0 Å². The molecule has 6 nitrogen and oxygen atoms in total. The van der Waals surface area contributed by atoms with Crippen molar-refractivity contribution >= 4 is 0 Å². The number of methoxy groups -OCH3 is 1. The van der Waals surface area contributed by atoms with Gasteiger partial charge in [-0.15, -0.1) is 0 Å². The van der Waals surface area contributed by atoms with Crippen molar-refractivity contribution in [2.24, 2.45) is 0 Å². The maximum absolute atomic E-state index is 5.75. The van der Waals surface area contributed by atoms with Gasteiger partial charge in [-0.2, -0.15) is 0 Å². The van der Waals surface area contributed by atoms with E-state index in [1.165, 1.54) is 11.1 Å². The van der Waals surface area contributed by atoms with Gasteiger partial charge in [-0.3, -0.25) is 0 Å². The van der Waals surface area contributed by atoms with E-state index in [1.54, 1.807) is 7.11 Å². The zero-order chi connectivity index (χ0) is 19.5. The molecular weight excluding hydrogens is 354 g/mol. The zero-order valence-corrected chi connectivity index (χ0v) is 16.5. The number of ether oxygens (including phenoxy) is 3. The summed E-state index contributed by atoms with van der Waals surface area (Å²) in [5.41, 5.74) is 3.41. The fourth-order valence-electron chi connectivity index (χ4n) is 3.48. The molecule has 1 aromatic heterocycles. The van der Waals surface area contributed by atoms with Crippen molar-refractivity contribution in [1.29, 1.82) is 0 Å². The summed E-state index contributed by atoms with van der Waals surface area (Å²) in [4.78, 5) is 6.76. The Morgan fingerprint density at radius 1 is 1.07 bits per heavy atom. The van der Waals surface area contributed by atoms with Gasteiger partial charge in [0.25, 0.3) is 0 Å². The lowest BCUT2D eigenvalue weighted by atomic mass is 10.1. The third-order valence-corrected chi connectivity index (χ3v) is 4.66. The van der Waals surface area contributed by atoms with Crippen molar-refractivity contribution in [1.82, 2.24) is 14.5 Å². The van der Waals surface area contributed by atoms with Crippen molar-refractivity contribution < 1.29 is 14.2 Å². The first kappa shape index (κ1) is 18.4.